The van der Waals surface area contributed by atoms with Crippen molar-refractivity contribution in [3.05, 3.63) is 120 Å². The van der Waals surface area contributed by atoms with Crippen molar-refractivity contribution in [2.45, 2.75) is 13.8 Å². The second-order valence-electron chi connectivity index (χ2n) is 8.42. The van der Waals surface area contributed by atoms with Crippen LogP contribution in [0, 0.1) is 26.0 Å². The van der Waals surface area contributed by atoms with Gasteiger partial charge < -0.3 is 14.4 Å². The molecule has 3 nitrogen and oxygen atoms in total. The molecule has 37 heavy (non-hydrogen) atoms. The zero-order chi connectivity index (χ0) is 28.0. The first-order chi connectivity index (χ1) is 19.3. The van der Waals surface area contributed by atoms with Crippen LogP contribution in [0.4, 0.5) is 0 Å². The van der Waals surface area contributed by atoms with E-state index in [0.29, 0.717) is 11.1 Å². The predicted octanol–water partition coefficient (Wildman–Crippen LogP) is 8.83. The van der Waals surface area contributed by atoms with Crippen LogP contribution in [0.3, 0.4) is 0 Å². The summed E-state index contributed by atoms with van der Waals surface area (Å²) in [5, 5.41) is 4.87. The van der Waals surface area contributed by atoms with Crippen molar-refractivity contribution in [1.82, 2.24) is 9.97 Å². The summed E-state index contributed by atoms with van der Waals surface area (Å²) in [4.78, 5) is 8.41. The second kappa shape index (κ2) is 10.8. The number of aromatic nitrogens is 2. The van der Waals surface area contributed by atoms with E-state index < -0.39 is 0 Å². The van der Waals surface area contributed by atoms with E-state index in [9.17, 15) is 0 Å². The SMILES string of the molecule is Cc1c[c-]c(-c2ccc(C)cn2)cc1.[2H]c1nc(-c2[c-]ccc3c2oc2c4ccsc4ccc32)c([2H])c([2H])c1[2H].[Ir]. The van der Waals surface area contributed by atoms with Gasteiger partial charge in [0.1, 0.15) is 5.58 Å². The fourth-order valence-corrected chi connectivity index (χ4v) is 4.84. The molecule has 0 aliphatic heterocycles. The second-order valence-corrected chi connectivity index (χ2v) is 9.37. The third-order valence-electron chi connectivity index (χ3n) is 5.89. The van der Waals surface area contributed by atoms with Crippen molar-refractivity contribution in [1.29, 1.82) is 0 Å². The molecule has 0 fully saturated rings. The van der Waals surface area contributed by atoms with Gasteiger partial charge in [-0.05, 0) is 47.4 Å². The summed E-state index contributed by atoms with van der Waals surface area (Å²) in [5.41, 5.74) is 6.31. The van der Waals surface area contributed by atoms with Crippen molar-refractivity contribution >= 4 is 43.4 Å². The van der Waals surface area contributed by atoms with Gasteiger partial charge in [0, 0.05) is 47.9 Å². The number of furan rings is 1. The first-order valence-corrected chi connectivity index (χ1v) is 12.3. The molecule has 0 spiro atoms. The van der Waals surface area contributed by atoms with Crippen molar-refractivity contribution in [2.24, 2.45) is 0 Å². The Balaban J connectivity index is 0.000000192. The standard InChI is InChI=1S/C19H10NOS.C13H12N.Ir/c1-2-10-20-16(6-1)14-5-3-4-12-13-7-8-17-15(9-11-22-17)19(13)21-18(12)14;1-10-3-6-12(7-4-10)13-8-5-11(2)9-14-13;/h1-4,6-11H;3-6,8-9H,1-2H3;/q2*-1;/i1D,2D,6D,10D;;. The number of hydrogen-bond acceptors (Lipinski definition) is 4. The maximum absolute atomic E-state index is 8.17. The van der Waals surface area contributed by atoms with Crippen molar-refractivity contribution in [2.75, 3.05) is 0 Å². The van der Waals surface area contributed by atoms with Crippen LogP contribution in [-0.4, -0.2) is 9.97 Å². The third-order valence-corrected chi connectivity index (χ3v) is 6.77. The van der Waals surface area contributed by atoms with E-state index in [-0.39, 0.29) is 50.1 Å². The van der Waals surface area contributed by atoms with Gasteiger partial charge in [0.25, 0.3) is 0 Å². The smallest absolute Gasteiger partial charge is 0.129 e. The Morgan fingerprint density at radius 2 is 1.68 bits per heavy atom. The average Bonchev–Trinajstić information content (AvgIpc) is 3.60. The molecule has 7 aromatic rings. The maximum atomic E-state index is 8.17. The Kier molecular flexibility index (Phi) is 5.95. The van der Waals surface area contributed by atoms with Gasteiger partial charge in [0.05, 0.1) is 11.1 Å². The third kappa shape index (κ3) is 4.99. The van der Waals surface area contributed by atoms with Crippen LogP contribution in [0.2, 0.25) is 0 Å². The van der Waals surface area contributed by atoms with Crippen molar-refractivity contribution in [3.8, 4) is 22.5 Å². The summed E-state index contributed by atoms with van der Waals surface area (Å²) >= 11 is 1.64. The molecule has 0 saturated heterocycles. The molecule has 0 aliphatic rings. The van der Waals surface area contributed by atoms with E-state index in [1.165, 1.54) is 11.1 Å². The minimum absolute atomic E-state index is 0. The van der Waals surface area contributed by atoms with E-state index in [2.05, 4.69) is 47.2 Å². The molecule has 0 bridgehead atoms. The summed E-state index contributed by atoms with van der Waals surface area (Å²) < 4.78 is 38.8. The van der Waals surface area contributed by atoms with Crippen LogP contribution >= 0.6 is 11.3 Å². The summed E-state index contributed by atoms with van der Waals surface area (Å²) in [6.45, 7) is 4.10. The molecule has 1 radical (unpaired) electrons. The fraction of sp³-hybridized carbons (Fsp3) is 0.0625. The topological polar surface area (TPSA) is 38.9 Å². The Hall–Kier alpha value is -3.63. The van der Waals surface area contributed by atoms with Gasteiger partial charge in [-0.25, -0.2) is 0 Å². The number of pyridine rings is 2. The van der Waals surface area contributed by atoms with E-state index >= 15 is 0 Å². The summed E-state index contributed by atoms with van der Waals surface area (Å²) in [6, 6.07) is 25.3. The Labute approximate surface area is 238 Å². The number of nitrogens with zero attached hydrogens (tertiary/aromatic N) is 2. The predicted molar refractivity (Wildman–Crippen MR) is 149 cm³/mol. The first kappa shape index (κ1) is 20.4. The Bertz CT molecular complexity index is 1980. The Morgan fingerprint density at radius 3 is 2.49 bits per heavy atom. The number of benzene rings is 3. The van der Waals surface area contributed by atoms with E-state index in [1.807, 2.05) is 54.9 Å². The number of thiophene rings is 1. The van der Waals surface area contributed by atoms with Crippen LogP contribution in [0.1, 0.15) is 16.6 Å². The number of fused-ring (bicyclic) bond motifs is 5. The zero-order valence-corrected chi connectivity index (χ0v) is 23.2. The largest absolute Gasteiger partial charge is 0.500 e. The molecule has 183 valence electrons. The van der Waals surface area contributed by atoms with E-state index in [1.54, 1.807) is 17.4 Å². The molecule has 7 rings (SSSR count). The van der Waals surface area contributed by atoms with Gasteiger partial charge in [-0.3, -0.25) is 0 Å². The number of hydrogen-bond donors (Lipinski definition) is 0. The Morgan fingerprint density at radius 1 is 0.811 bits per heavy atom. The normalized spacial score (nSPS) is 12.3. The van der Waals surface area contributed by atoms with Gasteiger partial charge >= 0.3 is 0 Å². The molecular weight excluding hydrogens is 653 g/mol. The van der Waals surface area contributed by atoms with Gasteiger partial charge in [-0.15, -0.1) is 64.9 Å². The molecule has 3 aromatic carbocycles. The summed E-state index contributed by atoms with van der Waals surface area (Å²) in [6.07, 6.45) is 1.55. The minimum atomic E-state index is -0.351. The molecule has 0 amide bonds. The van der Waals surface area contributed by atoms with Gasteiger partial charge in [-0.2, -0.15) is 0 Å². The van der Waals surface area contributed by atoms with Crippen molar-refractivity contribution < 1.29 is 30.0 Å². The van der Waals surface area contributed by atoms with Gasteiger partial charge in [0.15, 0.2) is 0 Å². The van der Waals surface area contributed by atoms with Crippen LogP contribution in [0.25, 0.3) is 54.5 Å². The van der Waals surface area contributed by atoms with Crippen LogP contribution in [0.15, 0.2) is 101 Å². The molecule has 0 atom stereocenters. The van der Waals surface area contributed by atoms with Crippen molar-refractivity contribution in [3.63, 3.8) is 0 Å². The number of aryl methyl sites for hydroxylation is 2. The monoisotopic (exact) mass is 679 g/mol. The molecule has 0 saturated carbocycles. The molecule has 0 aliphatic carbocycles. The fourth-order valence-electron chi connectivity index (χ4n) is 4.06. The molecular formula is C32H22IrN2OS-2. The number of rotatable bonds is 2. The van der Waals surface area contributed by atoms with E-state index in [0.717, 1.165) is 37.7 Å². The molecule has 4 aromatic heterocycles. The maximum Gasteiger partial charge on any atom is 0.129 e. The summed E-state index contributed by atoms with van der Waals surface area (Å²) in [5.74, 6) is 0. The average molecular weight is 679 g/mol. The molecule has 0 unspecified atom stereocenters. The molecule has 4 heterocycles. The van der Waals surface area contributed by atoms with Gasteiger partial charge in [-0.1, -0.05) is 48.2 Å². The van der Waals surface area contributed by atoms with Gasteiger partial charge in [0.2, 0.25) is 0 Å². The first-order valence-electron chi connectivity index (χ1n) is 13.4. The quantitative estimate of drug-likeness (QED) is 0.172. The molecule has 5 heteroatoms. The van der Waals surface area contributed by atoms with Crippen LogP contribution < -0.4 is 0 Å². The van der Waals surface area contributed by atoms with Crippen LogP contribution in [0.5, 0.6) is 0 Å². The van der Waals surface area contributed by atoms with Crippen LogP contribution in [-0.2, 0) is 20.1 Å². The minimum Gasteiger partial charge on any atom is -0.500 e. The van der Waals surface area contributed by atoms with E-state index in [4.69, 9.17) is 9.90 Å². The zero-order valence-electron chi connectivity index (χ0n) is 24.0. The summed E-state index contributed by atoms with van der Waals surface area (Å²) in [7, 11) is 0. The molecule has 0 N–H and O–H groups in total.